The number of anilines is 1. The lowest BCUT2D eigenvalue weighted by Crippen LogP contribution is -2.29. The van der Waals surface area contributed by atoms with E-state index in [1.54, 1.807) is 42.5 Å². The molecule has 9 heteroatoms. The number of unbranched alkanes of at least 4 members (excludes halogenated alkanes) is 2. The molecule has 1 fully saturated rings. The van der Waals surface area contributed by atoms with Gasteiger partial charge in [-0.25, -0.2) is 4.98 Å². The normalized spacial score (nSPS) is 16.5. The summed E-state index contributed by atoms with van der Waals surface area (Å²) in [6.45, 7) is 5.28. The summed E-state index contributed by atoms with van der Waals surface area (Å²) < 4.78 is 12.4. The third-order valence-corrected chi connectivity index (χ3v) is 8.03. The Labute approximate surface area is 248 Å². The minimum Gasteiger partial charge on any atom is -0.507 e. The number of hydrogen-bond donors (Lipinski definition) is 1. The molecular formula is C32H31ClN2O5S. The van der Waals surface area contributed by atoms with Gasteiger partial charge in [-0.2, -0.15) is 0 Å². The van der Waals surface area contributed by atoms with Crippen LogP contribution in [0.25, 0.3) is 16.0 Å². The summed E-state index contributed by atoms with van der Waals surface area (Å²) in [5.41, 5.74) is 1.67. The van der Waals surface area contributed by atoms with Crippen molar-refractivity contribution in [1.29, 1.82) is 0 Å². The van der Waals surface area contributed by atoms with E-state index in [-0.39, 0.29) is 11.3 Å². The van der Waals surface area contributed by atoms with Crippen LogP contribution < -0.4 is 14.4 Å². The molecule has 0 bridgehead atoms. The van der Waals surface area contributed by atoms with E-state index in [0.29, 0.717) is 51.5 Å². The number of aliphatic hydroxyl groups excluding tert-OH is 1. The van der Waals surface area contributed by atoms with Gasteiger partial charge in [0.2, 0.25) is 0 Å². The summed E-state index contributed by atoms with van der Waals surface area (Å²) in [7, 11) is 0. The topological polar surface area (TPSA) is 89.0 Å². The fourth-order valence-corrected chi connectivity index (χ4v) is 6.00. The Kier molecular flexibility index (Phi) is 8.90. The summed E-state index contributed by atoms with van der Waals surface area (Å²) >= 11 is 7.46. The molecule has 1 amide bonds. The summed E-state index contributed by atoms with van der Waals surface area (Å²) in [6.07, 6.45) is 3.93. The SMILES string of the molecule is CCCCCOc1cccc(C2/C(=C(\O)c3ccc(OCCC)cc3)C(=O)C(=O)N2c2nc3ccc(Cl)cc3s2)c1. The van der Waals surface area contributed by atoms with Crippen LogP contribution in [-0.4, -0.2) is 35.0 Å². The number of nitrogens with zero attached hydrogens (tertiary/aromatic N) is 2. The van der Waals surface area contributed by atoms with Crippen LogP contribution >= 0.6 is 22.9 Å². The molecule has 0 saturated carbocycles. The minimum atomic E-state index is -0.916. The summed E-state index contributed by atoms with van der Waals surface area (Å²) in [5.74, 6) is -0.542. The van der Waals surface area contributed by atoms with E-state index in [9.17, 15) is 14.7 Å². The first-order chi connectivity index (χ1) is 19.9. The molecule has 2 heterocycles. The molecule has 1 N–H and O–H groups in total. The fourth-order valence-electron chi connectivity index (χ4n) is 4.74. The zero-order chi connectivity index (χ0) is 28.9. The maximum absolute atomic E-state index is 13.6. The van der Waals surface area contributed by atoms with Crippen LogP contribution in [0.1, 0.15) is 56.7 Å². The Hall–Kier alpha value is -3.88. The number of benzene rings is 3. The number of thiazole rings is 1. The van der Waals surface area contributed by atoms with Crippen molar-refractivity contribution in [2.24, 2.45) is 0 Å². The van der Waals surface area contributed by atoms with E-state index in [1.807, 2.05) is 31.2 Å². The Balaban J connectivity index is 1.60. The molecule has 5 rings (SSSR count). The molecule has 1 unspecified atom stereocenters. The highest BCUT2D eigenvalue weighted by Gasteiger charge is 2.48. The Morgan fingerprint density at radius 2 is 1.73 bits per heavy atom. The van der Waals surface area contributed by atoms with Crippen LogP contribution in [0.5, 0.6) is 11.5 Å². The third kappa shape index (κ3) is 6.09. The molecule has 41 heavy (non-hydrogen) atoms. The van der Waals surface area contributed by atoms with Gasteiger partial charge in [0, 0.05) is 10.6 Å². The smallest absolute Gasteiger partial charge is 0.301 e. The number of carbonyl (C=O) groups is 2. The predicted molar refractivity (Wildman–Crippen MR) is 163 cm³/mol. The minimum absolute atomic E-state index is 0.0161. The number of halogens is 1. The van der Waals surface area contributed by atoms with Crippen molar-refractivity contribution in [3.8, 4) is 11.5 Å². The molecule has 7 nitrogen and oxygen atoms in total. The largest absolute Gasteiger partial charge is 0.507 e. The Morgan fingerprint density at radius 1 is 0.951 bits per heavy atom. The molecule has 0 aliphatic carbocycles. The van der Waals surface area contributed by atoms with Gasteiger partial charge in [0.1, 0.15) is 17.3 Å². The van der Waals surface area contributed by atoms with Crippen LogP contribution in [0.2, 0.25) is 5.02 Å². The first-order valence-corrected chi connectivity index (χ1v) is 14.9. The van der Waals surface area contributed by atoms with Gasteiger partial charge in [0.05, 0.1) is 35.0 Å². The van der Waals surface area contributed by atoms with E-state index in [0.717, 1.165) is 30.4 Å². The van der Waals surface area contributed by atoms with Gasteiger partial charge in [0.25, 0.3) is 5.78 Å². The number of ketones is 1. The molecule has 3 aromatic carbocycles. The monoisotopic (exact) mass is 590 g/mol. The van der Waals surface area contributed by atoms with E-state index in [4.69, 9.17) is 21.1 Å². The summed E-state index contributed by atoms with van der Waals surface area (Å²) in [6, 6.07) is 18.5. The van der Waals surface area contributed by atoms with Gasteiger partial charge in [-0.3, -0.25) is 14.5 Å². The molecule has 4 aromatic rings. The zero-order valence-electron chi connectivity index (χ0n) is 22.9. The number of fused-ring (bicyclic) bond motifs is 1. The third-order valence-electron chi connectivity index (χ3n) is 6.78. The first-order valence-electron chi connectivity index (χ1n) is 13.7. The van der Waals surface area contributed by atoms with Crippen molar-refractivity contribution in [3.05, 3.63) is 88.5 Å². The highest BCUT2D eigenvalue weighted by Crippen LogP contribution is 2.45. The van der Waals surface area contributed by atoms with Crippen LogP contribution in [0.15, 0.2) is 72.3 Å². The molecule has 212 valence electrons. The standard InChI is InChI=1S/C32H31ClN2O5S/c1-3-5-6-17-40-24-9-7-8-21(18-24)28-27(29(36)20-10-13-23(14-11-20)39-16-4-2)30(37)31(38)35(28)32-34-25-15-12-22(33)19-26(25)41-32/h7-15,18-19,28,36H,3-6,16-17H2,1-2H3/b29-27+. The number of aromatic nitrogens is 1. The molecule has 0 spiro atoms. The molecule has 1 saturated heterocycles. The van der Waals surface area contributed by atoms with Gasteiger partial charge in [0.15, 0.2) is 5.13 Å². The van der Waals surface area contributed by atoms with E-state index in [1.165, 1.54) is 16.2 Å². The number of aliphatic hydroxyl groups is 1. The van der Waals surface area contributed by atoms with Gasteiger partial charge in [-0.1, -0.05) is 61.8 Å². The second-order valence-electron chi connectivity index (χ2n) is 9.78. The van der Waals surface area contributed by atoms with Gasteiger partial charge in [-0.15, -0.1) is 0 Å². The number of carbonyl (C=O) groups excluding carboxylic acids is 2. The van der Waals surface area contributed by atoms with Gasteiger partial charge in [-0.05, 0) is 73.0 Å². The Morgan fingerprint density at radius 3 is 2.49 bits per heavy atom. The molecule has 1 aliphatic rings. The fraction of sp³-hybridized carbons (Fsp3) is 0.281. The molecule has 1 atom stereocenters. The quantitative estimate of drug-likeness (QED) is 0.0825. The van der Waals surface area contributed by atoms with Gasteiger partial charge < -0.3 is 14.6 Å². The predicted octanol–water partition coefficient (Wildman–Crippen LogP) is 7.93. The second-order valence-corrected chi connectivity index (χ2v) is 11.2. The number of hydrogen-bond acceptors (Lipinski definition) is 7. The lowest BCUT2D eigenvalue weighted by molar-refractivity contribution is -0.132. The van der Waals surface area contributed by atoms with Crippen molar-refractivity contribution >= 4 is 55.7 Å². The van der Waals surface area contributed by atoms with Crippen molar-refractivity contribution < 1.29 is 24.2 Å². The average Bonchev–Trinajstić information content (AvgIpc) is 3.51. The van der Waals surface area contributed by atoms with Crippen LogP contribution in [-0.2, 0) is 9.59 Å². The van der Waals surface area contributed by atoms with Crippen molar-refractivity contribution in [3.63, 3.8) is 0 Å². The molecule has 1 aliphatic heterocycles. The highest BCUT2D eigenvalue weighted by atomic mass is 35.5. The van der Waals surface area contributed by atoms with Crippen molar-refractivity contribution in [1.82, 2.24) is 4.98 Å². The lowest BCUT2D eigenvalue weighted by atomic mass is 9.95. The maximum Gasteiger partial charge on any atom is 0.301 e. The highest BCUT2D eigenvalue weighted by molar-refractivity contribution is 7.22. The van der Waals surface area contributed by atoms with E-state index < -0.39 is 17.7 Å². The average molecular weight is 591 g/mol. The zero-order valence-corrected chi connectivity index (χ0v) is 24.5. The number of amides is 1. The summed E-state index contributed by atoms with van der Waals surface area (Å²) in [5, 5.41) is 12.4. The number of Topliss-reactive ketones (excluding diaryl/α,β-unsaturated/α-hetero) is 1. The number of rotatable bonds is 11. The van der Waals surface area contributed by atoms with Crippen LogP contribution in [0.4, 0.5) is 5.13 Å². The molecule has 0 radical (unpaired) electrons. The van der Waals surface area contributed by atoms with E-state index >= 15 is 0 Å². The van der Waals surface area contributed by atoms with Crippen molar-refractivity contribution in [2.45, 2.75) is 45.6 Å². The number of ether oxygens (including phenoxy) is 2. The maximum atomic E-state index is 13.6. The van der Waals surface area contributed by atoms with Crippen LogP contribution in [0.3, 0.4) is 0 Å². The Bertz CT molecular complexity index is 1600. The van der Waals surface area contributed by atoms with E-state index in [2.05, 4.69) is 11.9 Å². The molecule has 1 aromatic heterocycles. The summed E-state index contributed by atoms with van der Waals surface area (Å²) in [4.78, 5) is 33.2. The molecular weight excluding hydrogens is 560 g/mol. The van der Waals surface area contributed by atoms with Crippen LogP contribution in [0, 0.1) is 0 Å². The van der Waals surface area contributed by atoms with Gasteiger partial charge >= 0.3 is 5.91 Å². The second kappa shape index (κ2) is 12.7. The first kappa shape index (κ1) is 28.6. The lowest BCUT2D eigenvalue weighted by Gasteiger charge is -2.23. The van der Waals surface area contributed by atoms with Crippen molar-refractivity contribution in [2.75, 3.05) is 18.1 Å².